The number of aliphatic hydroxyl groups is 1. The molecule has 30 heavy (non-hydrogen) atoms. The number of hydrogen-bond acceptors (Lipinski definition) is 8. The number of ether oxygens (including phenoxy) is 4. The van der Waals surface area contributed by atoms with E-state index in [0.29, 0.717) is 17.1 Å². The molecule has 0 unspecified atom stereocenters. The molecule has 2 aliphatic rings. The molecule has 9 heteroatoms. The number of nitrogens with one attached hydrogen (secondary N) is 1. The first kappa shape index (κ1) is 20.5. The second-order valence-electron chi connectivity index (χ2n) is 7.24. The fourth-order valence-electron chi connectivity index (χ4n) is 3.55. The Morgan fingerprint density at radius 3 is 2.53 bits per heavy atom. The summed E-state index contributed by atoms with van der Waals surface area (Å²) in [6, 6.07) is 9.06. The molecule has 2 N–H and O–H groups in total. The molecule has 3 heterocycles. The maximum absolute atomic E-state index is 11.7. The van der Waals surface area contributed by atoms with Crippen LogP contribution < -0.4 is 10.1 Å². The summed E-state index contributed by atoms with van der Waals surface area (Å²) in [4.78, 5) is 23.2. The number of furan rings is 1. The van der Waals surface area contributed by atoms with Gasteiger partial charge in [0.1, 0.15) is 30.1 Å². The van der Waals surface area contributed by atoms with Crippen LogP contribution in [0.3, 0.4) is 0 Å². The lowest BCUT2D eigenvalue weighted by Gasteiger charge is -2.47. The van der Waals surface area contributed by atoms with Crippen LogP contribution in [0.2, 0.25) is 0 Å². The molecule has 6 atom stereocenters. The minimum atomic E-state index is -1.12. The van der Waals surface area contributed by atoms with Crippen molar-refractivity contribution < 1.29 is 38.1 Å². The van der Waals surface area contributed by atoms with Crippen molar-refractivity contribution in [3.63, 3.8) is 0 Å². The number of benzene rings is 1. The third-order valence-corrected chi connectivity index (χ3v) is 5.02. The van der Waals surface area contributed by atoms with E-state index in [1.807, 2.05) is 0 Å². The Morgan fingerprint density at radius 1 is 1.13 bits per heavy atom. The second kappa shape index (κ2) is 8.57. The number of hydrogen-bond donors (Lipinski definition) is 2. The molecule has 1 aromatic heterocycles. The molecule has 0 bridgehead atoms. The normalized spacial score (nSPS) is 30.9. The SMILES string of the molecule is CC(=O)N[C@H]1[C@H](Oc2ccc(C(C)=O)cc2)O[C@H]2CO[C@H](c3ccco3)O[C@@H]2[C@H]1O. The van der Waals surface area contributed by atoms with Crippen LogP contribution in [0.1, 0.15) is 36.3 Å². The summed E-state index contributed by atoms with van der Waals surface area (Å²) in [7, 11) is 0. The minimum absolute atomic E-state index is 0.0625. The number of rotatable bonds is 5. The first-order valence-corrected chi connectivity index (χ1v) is 9.61. The Morgan fingerprint density at radius 2 is 1.90 bits per heavy atom. The van der Waals surface area contributed by atoms with Gasteiger partial charge in [0, 0.05) is 12.5 Å². The molecule has 1 aromatic carbocycles. The van der Waals surface area contributed by atoms with Crippen LogP contribution >= 0.6 is 0 Å². The van der Waals surface area contributed by atoms with Gasteiger partial charge in [0.25, 0.3) is 0 Å². The fraction of sp³-hybridized carbons (Fsp3) is 0.429. The zero-order valence-corrected chi connectivity index (χ0v) is 16.5. The molecule has 9 nitrogen and oxygen atoms in total. The molecule has 2 aromatic rings. The van der Waals surface area contributed by atoms with Crippen LogP contribution in [-0.2, 0) is 19.0 Å². The van der Waals surface area contributed by atoms with Gasteiger partial charge >= 0.3 is 0 Å². The maximum Gasteiger partial charge on any atom is 0.223 e. The van der Waals surface area contributed by atoms with Gasteiger partial charge in [-0.1, -0.05) is 0 Å². The van der Waals surface area contributed by atoms with E-state index in [-0.39, 0.29) is 18.3 Å². The third kappa shape index (κ3) is 4.24. The zero-order chi connectivity index (χ0) is 21.3. The second-order valence-corrected chi connectivity index (χ2v) is 7.24. The Bertz CT molecular complexity index is 881. The molecular formula is C21H23NO8. The van der Waals surface area contributed by atoms with Crippen molar-refractivity contribution in [3.8, 4) is 5.75 Å². The Labute approximate surface area is 172 Å². The van der Waals surface area contributed by atoms with Crippen molar-refractivity contribution in [3.05, 3.63) is 54.0 Å². The summed E-state index contributed by atoms with van der Waals surface area (Å²) in [5.41, 5.74) is 0.545. The third-order valence-electron chi connectivity index (χ3n) is 5.02. The van der Waals surface area contributed by atoms with Gasteiger partial charge in [0.2, 0.25) is 18.5 Å². The molecule has 2 aliphatic heterocycles. The number of fused-ring (bicyclic) bond motifs is 1. The molecule has 0 radical (unpaired) electrons. The highest BCUT2D eigenvalue weighted by atomic mass is 16.8. The van der Waals surface area contributed by atoms with E-state index in [2.05, 4.69) is 5.32 Å². The Kier molecular flexibility index (Phi) is 5.87. The Hall–Kier alpha value is -2.72. The summed E-state index contributed by atoms with van der Waals surface area (Å²) >= 11 is 0. The zero-order valence-electron chi connectivity index (χ0n) is 16.5. The van der Waals surface area contributed by atoms with Crippen LogP contribution in [0.25, 0.3) is 0 Å². The van der Waals surface area contributed by atoms with Crippen molar-refractivity contribution in [2.45, 2.75) is 50.8 Å². The van der Waals surface area contributed by atoms with E-state index in [1.165, 1.54) is 20.1 Å². The van der Waals surface area contributed by atoms with Gasteiger partial charge in [-0.25, -0.2) is 0 Å². The monoisotopic (exact) mass is 417 g/mol. The van der Waals surface area contributed by atoms with Crippen molar-refractivity contribution in [1.82, 2.24) is 5.32 Å². The fourth-order valence-corrected chi connectivity index (χ4v) is 3.55. The van der Waals surface area contributed by atoms with Crippen LogP contribution in [0.5, 0.6) is 5.75 Å². The van der Waals surface area contributed by atoms with Gasteiger partial charge in [-0.05, 0) is 43.3 Å². The number of amides is 1. The largest absolute Gasteiger partial charge is 0.464 e. The molecule has 0 aliphatic carbocycles. The van der Waals surface area contributed by atoms with Crippen molar-refractivity contribution in [2.24, 2.45) is 0 Å². The molecule has 0 saturated carbocycles. The predicted octanol–water partition coefficient (Wildman–Crippen LogP) is 1.57. The summed E-state index contributed by atoms with van der Waals surface area (Å²) < 4.78 is 28.7. The highest BCUT2D eigenvalue weighted by molar-refractivity contribution is 5.94. The molecular weight excluding hydrogens is 394 g/mol. The Balaban J connectivity index is 1.51. The van der Waals surface area contributed by atoms with Crippen LogP contribution in [-0.4, -0.2) is 54.0 Å². The smallest absolute Gasteiger partial charge is 0.223 e. The lowest BCUT2D eigenvalue weighted by molar-refractivity contribution is -0.336. The van der Waals surface area contributed by atoms with E-state index in [4.69, 9.17) is 23.4 Å². The molecule has 2 fully saturated rings. The van der Waals surface area contributed by atoms with Crippen molar-refractivity contribution >= 4 is 11.7 Å². The lowest BCUT2D eigenvalue weighted by atomic mass is 9.96. The predicted molar refractivity (Wildman–Crippen MR) is 102 cm³/mol. The van der Waals surface area contributed by atoms with E-state index >= 15 is 0 Å². The molecule has 4 rings (SSSR count). The molecule has 0 spiro atoms. The van der Waals surface area contributed by atoms with Gasteiger partial charge in [0.15, 0.2) is 11.5 Å². The van der Waals surface area contributed by atoms with Crippen molar-refractivity contribution in [2.75, 3.05) is 6.61 Å². The first-order chi connectivity index (χ1) is 14.4. The van der Waals surface area contributed by atoms with Gasteiger partial charge in [-0.15, -0.1) is 0 Å². The standard InChI is InChI=1S/C21H23NO8/c1-11(23)13-5-7-14(8-6-13)28-21-17(22-12(2)24)18(25)19-16(29-21)10-27-20(30-19)15-4-3-9-26-15/h3-9,16-21,25H,10H2,1-2H3,(H,22,24)/t16-,17+,18-,19-,20-,21+/m0/s1. The molecule has 1 amide bonds. The average Bonchev–Trinajstić information content (AvgIpc) is 3.26. The van der Waals surface area contributed by atoms with Crippen molar-refractivity contribution in [1.29, 1.82) is 0 Å². The number of Topliss-reactive ketones (excluding diaryl/α,β-unsaturated/α-hetero) is 1. The number of ketones is 1. The topological polar surface area (TPSA) is 116 Å². The quantitative estimate of drug-likeness (QED) is 0.704. The first-order valence-electron chi connectivity index (χ1n) is 9.61. The highest BCUT2D eigenvalue weighted by Gasteiger charge is 2.51. The lowest BCUT2D eigenvalue weighted by Crippen LogP contribution is -2.67. The van der Waals surface area contributed by atoms with E-state index in [0.717, 1.165) is 0 Å². The van der Waals surface area contributed by atoms with Crippen LogP contribution in [0.15, 0.2) is 47.1 Å². The van der Waals surface area contributed by atoms with E-state index < -0.39 is 36.9 Å². The van der Waals surface area contributed by atoms with Gasteiger partial charge in [-0.2, -0.15) is 0 Å². The number of carbonyl (C=O) groups is 2. The van der Waals surface area contributed by atoms with Crippen LogP contribution in [0, 0.1) is 0 Å². The number of carbonyl (C=O) groups excluding carboxylic acids is 2. The molecule has 2 saturated heterocycles. The van der Waals surface area contributed by atoms with Gasteiger partial charge < -0.3 is 33.8 Å². The summed E-state index contributed by atoms with van der Waals surface area (Å²) in [6.45, 7) is 2.96. The summed E-state index contributed by atoms with van der Waals surface area (Å²) in [5.74, 6) is 0.488. The summed E-state index contributed by atoms with van der Waals surface area (Å²) in [5, 5.41) is 13.6. The summed E-state index contributed by atoms with van der Waals surface area (Å²) in [6.07, 6.45) is -2.75. The minimum Gasteiger partial charge on any atom is -0.464 e. The van der Waals surface area contributed by atoms with E-state index in [1.54, 1.807) is 36.4 Å². The van der Waals surface area contributed by atoms with Crippen LogP contribution in [0.4, 0.5) is 0 Å². The van der Waals surface area contributed by atoms with Gasteiger partial charge in [-0.3, -0.25) is 9.59 Å². The van der Waals surface area contributed by atoms with Gasteiger partial charge in [0.05, 0.1) is 12.9 Å². The molecule has 160 valence electrons. The maximum atomic E-state index is 11.7. The average molecular weight is 417 g/mol. The highest BCUT2D eigenvalue weighted by Crippen LogP contribution is 2.35. The van der Waals surface area contributed by atoms with E-state index in [9.17, 15) is 14.7 Å². The number of aliphatic hydroxyl groups excluding tert-OH is 1.